The van der Waals surface area contributed by atoms with Crippen LogP contribution in [-0.2, 0) is 11.2 Å². The van der Waals surface area contributed by atoms with Crippen LogP contribution in [0, 0.1) is 0 Å². The normalized spacial score (nSPS) is 17.6. The Morgan fingerprint density at radius 1 is 1.33 bits per heavy atom. The van der Waals surface area contributed by atoms with Gasteiger partial charge in [-0.25, -0.2) is 0 Å². The number of aliphatic hydroxyl groups is 1. The molecule has 0 aromatic heterocycles. The van der Waals surface area contributed by atoms with Gasteiger partial charge in [0, 0.05) is 19.2 Å². The van der Waals surface area contributed by atoms with Crippen molar-refractivity contribution in [1.29, 1.82) is 0 Å². The van der Waals surface area contributed by atoms with Crippen molar-refractivity contribution in [3.05, 3.63) is 29.3 Å². The zero-order chi connectivity index (χ0) is 13.5. The number of fused-ring (bicyclic) bond motifs is 1. The Hall–Kier alpha value is -1.56. The van der Waals surface area contributed by atoms with Gasteiger partial charge in [0.2, 0.25) is 5.91 Å². The van der Waals surface area contributed by atoms with E-state index in [2.05, 4.69) is 0 Å². The number of aliphatic hydroxyl groups excluding tert-OH is 1. The minimum atomic E-state index is -4.68. The Kier molecular flexibility index (Phi) is 3.06. The molecule has 0 saturated heterocycles. The van der Waals surface area contributed by atoms with E-state index in [0.29, 0.717) is 17.7 Å². The van der Waals surface area contributed by atoms with Crippen LogP contribution >= 0.6 is 0 Å². The third kappa shape index (κ3) is 2.20. The van der Waals surface area contributed by atoms with E-state index in [1.807, 2.05) is 0 Å². The molecule has 0 spiro atoms. The summed E-state index contributed by atoms with van der Waals surface area (Å²) in [4.78, 5) is 12.9. The fourth-order valence-electron chi connectivity index (χ4n) is 2.04. The number of carbonyl (C=O) groups is 1. The quantitative estimate of drug-likeness (QED) is 0.839. The molecule has 1 unspecified atom stereocenters. The number of nitrogens with zero attached hydrogens (tertiary/aromatic N) is 1. The molecular weight excluding hydrogens is 247 g/mol. The molecule has 6 heteroatoms. The van der Waals surface area contributed by atoms with Crippen molar-refractivity contribution < 1.29 is 23.1 Å². The minimum absolute atomic E-state index is 0.0633. The molecule has 98 valence electrons. The van der Waals surface area contributed by atoms with Crippen LogP contribution in [0.15, 0.2) is 18.2 Å². The van der Waals surface area contributed by atoms with E-state index in [1.165, 1.54) is 23.1 Å². The third-order valence-corrected chi connectivity index (χ3v) is 3.07. The first-order chi connectivity index (χ1) is 8.30. The SMILES string of the molecule is CN1C(=O)CCc2cc(C(O)C(F)(F)F)ccc21. The minimum Gasteiger partial charge on any atom is -0.379 e. The average molecular weight is 259 g/mol. The first-order valence-corrected chi connectivity index (χ1v) is 5.45. The monoisotopic (exact) mass is 259 g/mol. The third-order valence-electron chi connectivity index (χ3n) is 3.07. The maximum atomic E-state index is 12.4. The lowest BCUT2D eigenvalue weighted by Crippen LogP contribution is -2.31. The van der Waals surface area contributed by atoms with Gasteiger partial charge in [-0.3, -0.25) is 4.79 Å². The van der Waals surface area contributed by atoms with E-state index in [9.17, 15) is 23.1 Å². The lowest BCUT2D eigenvalue weighted by Gasteiger charge is -2.27. The molecular formula is C12H12F3NO2. The summed E-state index contributed by atoms with van der Waals surface area (Å²) in [5.74, 6) is -0.0633. The second kappa shape index (κ2) is 4.28. The van der Waals surface area contributed by atoms with Crippen LogP contribution in [-0.4, -0.2) is 24.2 Å². The zero-order valence-corrected chi connectivity index (χ0v) is 9.66. The Morgan fingerprint density at radius 2 is 2.00 bits per heavy atom. The Labute approximate surface area is 102 Å². The van der Waals surface area contributed by atoms with Gasteiger partial charge in [0.05, 0.1) is 0 Å². The molecule has 0 aliphatic carbocycles. The van der Waals surface area contributed by atoms with Gasteiger partial charge < -0.3 is 10.0 Å². The smallest absolute Gasteiger partial charge is 0.379 e. The Balaban J connectivity index is 2.37. The van der Waals surface area contributed by atoms with Gasteiger partial charge >= 0.3 is 6.18 Å². The van der Waals surface area contributed by atoms with Gasteiger partial charge in [-0.15, -0.1) is 0 Å². The zero-order valence-electron chi connectivity index (χ0n) is 9.66. The number of hydrogen-bond donors (Lipinski definition) is 1. The molecule has 18 heavy (non-hydrogen) atoms. The molecule has 1 aromatic carbocycles. The first-order valence-electron chi connectivity index (χ1n) is 5.45. The van der Waals surface area contributed by atoms with Crippen molar-refractivity contribution >= 4 is 11.6 Å². The van der Waals surface area contributed by atoms with Crippen LogP contribution < -0.4 is 4.90 Å². The summed E-state index contributed by atoms with van der Waals surface area (Å²) in [5.41, 5.74) is 1.06. The number of amides is 1. The summed E-state index contributed by atoms with van der Waals surface area (Å²) in [7, 11) is 1.58. The van der Waals surface area contributed by atoms with Crippen molar-refractivity contribution in [3.8, 4) is 0 Å². The maximum Gasteiger partial charge on any atom is 0.418 e. The van der Waals surface area contributed by atoms with Gasteiger partial charge in [-0.1, -0.05) is 12.1 Å². The van der Waals surface area contributed by atoms with E-state index in [1.54, 1.807) is 7.05 Å². The molecule has 1 aromatic rings. The van der Waals surface area contributed by atoms with Gasteiger partial charge in [0.25, 0.3) is 0 Å². The predicted molar refractivity (Wildman–Crippen MR) is 59.2 cm³/mol. The van der Waals surface area contributed by atoms with Crippen molar-refractivity contribution in [1.82, 2.24) is 0 Å². The molecule has 1 N–H and O–H groups in total. The van der Waals surface area contributed by atoms with E-state index >= 15 is 0 Å². The molecule has 0 saturated carbocycles. The van der Waals surface area contributed by atoms with Gasteiger partial charge in [0.1, 0.15) is 0 Å². The summed E-state index contributed by atoms with van der Waals surface area (Å²) in [6.07, 6.45) is -6.48. The molecule has 0 fully saturated rings. The number of hydrogen-bond acceptors (Lipinski definition) is 2. The Morgan fingerprint density at radius 3 is 2.61 bits per heavy atom. The summed E-state index contributed by atoms with van der Waals surface area (Å²) in [6, 6.07) is 3.96. The lowest BCUT2D eigenvalue weighted by atomic mass is 9.97. The highest BCUT2D eigenvalue weighted by Gasteiger charge is 2.39. The Bertz CT molecular complexity index is 485. The van der Waals surface area contributed by atoms with Crippen molar-refractivity contribution in [3.63, 3.8) is 0 Å². The number of benzene rings is 1. The van der Waals surface area contributed by atoms with Gasteiger partial charge in [-0.2, -0.15) is 13.2 Å². The first kappa shape index (κ1) is 12.9. The number of aryl methyl sites for hydroxylation is 1. The molecule has 1 heterocycles. The molecule has 1 atom stereocenters. The number of anilines is 1. The number of alkyl halides is 3. The van der Waals surface area contributed by atoms with Gasteiger partial charge in [-0.05, 0) is 23.6 Å². The molecule has 2 rings (SSSR count). The highest BCUT2D eigenvalue weighted by atomic mass is 19.4. The lowest BCUT2D eigenvalue weighted by molar-refractivity contribution is -0.206. The predicted octanol–water partition coefficient (Wildman–Crippen LogP) is 2.19. The summed E-state index contributed by atoms with van der Waals surface area (Å²) in [5, 5.41) is 9.17. The number of halogens is 3. The van der Waals surface area contributed by atoms with E-state index in [-0.39, 0.29) is 17.9 Å². The summed E-state index contributed by atoms with van der Waals surface area (Å²) < 4.78 is 37.2. The maximum absolute atomic E-state index is 12.4. The fraction of sp³-hybridized carbons (Fsp3) is 0.417. The molecule has 3 nitrogen and oxygen atoms in total. The second-order valence-corrected chi connectivity index (χ2v) is 4.29. The average Bonchev–Trinajstić information content (AvgIpc) is 2.31. The largest absolute Gasteiger partial charge is 0.418 e. The van der Waals surface area contributed by atoms with E-state index < -0.39 is 12.3 Å². The fourth-order valence-corrected chi connectivity index (χ4v) is 2.04. The summed E-state index contributed by atoms with van der Waals surface area (Å²) >= 11 is 0. The highest BCUT2D eigenvalue weighted by molar-refractivity contribution is 5.95. The van der Waals surface area contributed by atoms with Crippen molar-refractivity contribution in [2.24, 2.45) is 0 Å². The topological polar surface area (TPSA) is 40.5 Å². The second-order valence-electron chi connectivity index (χ2n) is 4.29. The van der Waals surface area contributed by atoms with Gasteiger partial charge in [0.15, 0.2) is 6.10 Å². The summed E-state index contributed by atoms with van der Waals surface area (Å²) in [6.45, 7) is 0. The highest BCUT2D eigenvalue weighted by Crippen LogP contribution is 2.35. The standard InChI is InChI=1S/C12H12F3NO2/c1-16-9-4-2-8(11(18)12(13,14)15)6-7(9)3-5-10(16)17/h2,4,6,11,18H,3,5H2,1H3. The van der Waals surface area contributed by atoms with E-state index in [0.717, 1.165) is 0 Å². The number of carbonyl (C=O) groups excluding carboxylic acids is 1. The van der Waals surface area contributed by atoms with E-state index in [4.69, 9.17) is 0 Å². The van der Waals surface area contributed by atoms with Crippen molar-refractivity contribution in [2.75, 3.05) is 11.9 Å². The van der Waals surface area contributed by atoms with Crippen LogP contribution in [0.5, 0.6) is 0 Å². The number of rotatable bonds is 1. The molecule has 1 aliphatic heterocycles. The molecule has 0 radical (unpaired) electrons. The van der Waals surface area contributed by atoms with Crippen LogP contribution in [0.25, 0.3) is 0 Å². The van der Waals surface area contributed by atoms with Crippen molar-refractivity contribution in [2.45, 2.75) is 25.1 Å². The molecule has 1 aliphatic rings. The van der Waals surface area contributed by atoms with Crippen LogP contribution in [0.3, 0.4) is 0 Å². The van der Waals surface area contributed by atoms with Crippen LogP contribution in [0.2, 0.25) is 0 Å². The van der Waals surface area contributed by atoms with Crippen LogP contribution in [0.1, 0.15) is 23.7 Å². The molecule has 1 amide bonds. The van der Waals surface area contributed by atoms with Crippen LogP contribution in [0.4, 0.5) is 18.9 Å². The molecule has 0 bridgehead atoms.